The van der Waals surface area contributed by atoms with Crippen LogP contribution in [-0.4, -0.2) is 34.9 Å². The molecule has 6 heteroatoms. The number of hydrogen-bond acceptors (Lipinski definition) is 2. The molecule has 2 aliphatic carbocycles. The van der Waals surface area contributed by atoms with Gasteiger partial charge in [0.25, 0.3) is 0 Å². The summed E-state index contributed by atoms with van der Waals surface area (Å²) < 4.78 is 0. The van der Waals surface area contributed by atoms with Crippen LogP contribution >= 0.6 is 8.07 Å². The highest BCUT2D eigenvalue weighted by atomic mass is 31.1. The van der Waals surface area contributed by atoms with E-state index in [1.54, 1.807) is 0 Å². The van der Waals surface area contributed by atoms with Crippen LogP contribution in [0.1, 0.15) is 64.2 Å². The van der Waals surface area contributed by atoms with Crippen LogP contribution in [0.2, 0.25) is 0 Å². The van der Waals surface area contributed by atoms with E-state index in [2.05, 4.69) is 10.1 Å². The Morgan fingerprint density at radius 1 is 1.05 bits per heavy atom. The SMILES string of the molecule is NC(=NCC(=O)O)NP(C1CCCCC1)C1CCCCC1. The van der Waals surface area contributed by atoms with Gasteiger partial charge in [-0.15, -0.1) is 0 Å². The first-order valence-electron chi connectivity index (χ1n) is 8.23. The second-order valence-corrected chi connectivity index (χ2v) is 8.70. The summed E-state index contributed by atoms with van der Waals surface area (Å²) in [6, 6.07) is 0. The van der Waals surface area contributed by atoms with Crippen LogP contribution in [0.3, 0.4) is 0 Å². The molecule has 2 saturated carbocycles. The van der Waals surface area contributed by atoms with E-state index in [4.69, 9.17) is 10.8 Å². The zero-order chi connectivity index (χ0) is 15.1. The number of aliphatic imine (C=N–C) groups is 1. The third kappa shape index (κ3) is 5.46. The summed E-state index contributed by atoms with van der Waals surface area (Å²) in [5.74, 6) is -0.598. The van der Waals surface area contributed by atoms with Gasteiger partial charge in [-0.1, -0.05) is 38.5 Å². The topological polar surface area (TPSA) is 87.7 Å². The Bertz CT molecular complexity index is 346. The van der Waals surface area contributed by atoms with Gasteiger partial charge in [0.1, 0.15) is 6.54 Å². The number of carboxylic acid groups (broad SMARTS) is 1. The minimum Gasteiger partial charge on any atom is -0.480 e. The van der Waals surface area contributed by atoms with Gasteiger partial charge in [0.05, 0.1) is 0 Å². The second-order valence-electron chi connectivity index (χ2n) is 6.20. The molecular weight excluding hydrogens is 285 g/mol. The van der Waals surface area contributed by atoms with E-state index in [1.807, 2.05) is 0 Å². The van der Waals surface area contributed by atoms with Crippen LogP contribution < -0.4 is 10.8 Å². The molecule has 0 aromatic rings. The normalized spacial score (nSPS) is 22.4. The maximum absolute atomic E-state index is 10.6. The Morgan fingerprint density at radius 3 is 1.95 bits per heavy atom. The molecule has 2 rings (SSSR count). The first-order valence-corrected chi connectivity index (χ1v) is 9.71. The van der Waals surface area contributed by atoms with Gasteiger partial charge in [-0.3, -0.25) is 4.79 Å². The predicted molar refractivity (Wildman–Crippen MR) is 87.9 cm³/mol. The maximum atomic E-state index is 10.6. The molecule has 2 aliphatic rings. The van der Waals surface area contributed by atoms with Crippen LogP contribution in [0.4, 0.5) is 0 Å². The van der Waals surface area contributed by atoms with E-state index in [-0.39, 0.29) is 14.6 Å². The molecule has 0 bridgehead atoms. The number of nitrogens with two attached hydrogens (primary N) is 1. The quantitative estimate of drug-likeness (QED) is 0.413. The van der Waals surface area contributed by atoms with Crippen LogP contribution in [0.15, 0.2) is 4.99 Å². The third-order valence-corrected chi connectivity index (χ3v) is 7.66. The predicted octanol–water partition coefficient (Wildman–Crippen LogP) is 3.04. The molecule has 0 atom stereocenters. The summed E-state index contributed by atoms with van der Waals surface area (Å²) in [5.41, 5.74) is 7.39. The Kier molecular flexibility index (Phi) is 6.75. The number of hydrogen-bond donors (Lipinski definition) is 3. The van der Waals surface area contributed by atoms with Crippen molar-refractivity contribution < 1.29 is 9.90 Å². The molecule has 0 amide bonds. The van der Waals surface area contributed by atoms with Crippen molar-refractivity contribution in [3.63, 3.8) is 0 Å². The van der Waals surface area contributed by atoms with Gasteiger partial charge in [-0.25, -0.2) is 4.99 Å². The average Bonchev–Trinajstić information content (AvgIpc) is 2.52. The molecule has 2 fully saturated rings. The lowest BCUT2D eigenvalue weighted by Crippen LogP contribution is -2.36. The Hall–Kier alpha value is -0.830. The highest BCUT2D eigenvalue weighted by molar-refractivity contribution is 7.57. The van der Waals surface area contributed by atoms with E-state index < -0.39 is 5.97 Å². The van der Waals surface area contributed by atoms with Gasteiger partial charge < -0.3 is 15.9 Å². The van der Waals surface area contributed by atoms with Gasteiger partial charge >= 0.3 is 5.97 Å². The minimum atomic E-state index is -0.931. The summed E-state index contributed by atoms with van der Waals surface area (Å²) in [5, 5.41) is 12.1. The van der Waals surface area contributed by atoms with Crippen LogP contribution in [-0.2, 0) is 4.79 Å². The van der Waals surface area contributed by atoms with Crippen molar-refractivity contribution in [1.82, 2.24) is 5.09 Å². The second kappa shape index (κ2) is 8.57. The zero-order valence-electron chi connectivity index (χ0n) is 12.8. The van der Waals surface area contributed by atoms with Gasteiger partial charge in [-0.2, -0.15) is 0 Å². The maximum Gasteiger partial charge on any atom is 0.325 e. The summed E-state index contributed by atoms with van der Waals surface area (Å²) in [4.78, 5) is 14.6. The minimum absolute atomic E-state index is 0.239. The summed E-state index contributed by atoms with van der Waals surface area (Å²) in [6.45, 7) is -0.239. The highest BCUT2D eigenvalue weighted by Gasteiger charge is 2.31. The van der Waals surface area contributed by atoms with E-state index in [1.165, 1.54) is 64.2 Å². The Labute approximate surface area is 128 Å². The molecular formula is C15H28N3O2P. The summed E-state index contributed by atoms with van der Waals surface area (Å²) >= 11 is 0. The van der Waals surface area contributed by atoms with Crippen molar-refractivity contribution in [2.45, 2.75) is 75.5 Å². The summed E-state index contributed by atoms with van der Waals surface area (Å²) in [6.07, 6.45) is 13.2. The molecule has 0 spiro atoms. The molecule has 0 radical (unpaired) electrons. The van der Waals surface area contributed by atoms with Crippen LogP contribution in [0, 0.1) is 0 Å². The zero-order valence-corrected chi connectivity index (χ0v) is 13.7. The number of nitrogens with zero attached hydrogens (tertiary/aromatic N) is 1. The number of carbonyl (C=O) groups is 1. The largest absolute Gasteiger partial charge is 0.480 e. The van der Waals surface area contributed by atoms with E-state index >= 15 is 0 Å². The van der Waals surface area contributed by atoms with Gasteiger partial charge in [-0.05, 0) is 45.1 Å². The van der Waals surface area contributed by atoms with Crippen molar-refractivity contribution in [2.75, 3.05) is 6.54 Å². The highest BCUT2D eigenvalue weighted by Crippen LogP contribution is 2.52. The van der Waals surface area contributed by atoms with Crippen molar-refractivity contribution in [3.05, 3.63) is 0 Å². The molecule has 21 heavy (non-hydrogen) atoms. The smallest absolute Gasteiger partial charge is 0.325 e. The molecule has 5 nitrogen and oxygen atoms in total. The Morgan fingerprint density at radius 2 is 1.52 bits per heavy atom. The summed E-state index contributed by atoms with van der Waals surface area (Å²) in [7, 11) is -0.366. The molecule has 0 aromatic heterocycles. The van der Waals surface area contributed by atoms with Gasteiger partial charge in [0, 0.05) is 0 Å². The lowest BCUT2D eigenvalue weighted by atomic mass is 10.00. The van der Waals surface area contributed by atoms with E-state index in [9.17, 15) is 4.79 Å². The molecule has 120 valence electrons. The monoisotopic (exact) mass is 313 g/mol. The van der Waals surface area contributed by atoms with Gasteiger partial charge in [0.15, 0.2) is 5.96 Å². The molecule has 4 N–H and O–H groups in total. The fourth-order valence-electron chi connectivity index (χ4n) is 3.52. The molecule has 0 aliphatic heterocycles. The fraction of sp³-hybridized carbons (Fsp3) is 0.867. The number of guanidine groups is 1. The number of aliphatic carboxylic acids is 1. The van der Waals surface area contributed by atoms with Crippen molar-refractivity contribution >= 4 is 20.0 Å². The van der Waals surface area contributed by atoms with Gasteiger partial charge in [0.2, 0.25) is 0 Å². The lowest BCUT2D eigenvalue weighted by Gasteiger charge is -2.38. The van der Waals surface area contributed by atoms with E-state index in [0.29, 0.717) is 5.96 Å². The molecule has 0 heterocycles. The van der Waals surface area contributed by atoms with Crippen molar-refractivity contribution in [1.29, 1.82) is 0 Å². The first kappa shape index (κ1) is 16.5. The molecule has 0 aromatic carbocycles. The number of carboxylic acids is 1. The average molecular weight is 313 g/mol. The Balaban J connectivity index is 1.99. The first-order chi connectivity index (χ1) is 10.2. The van der Waals surface area contributed by atoms with E-state index in [0.717, 1.165) is 11.3 Å². The number of rotatable bonds is 5. The molecule has 0 saturated heterocycles. The standard InChI is InChI=1S/C15H28N3O2P/c16-15(17-11-14(19)20)18-21(12-7-3-1-4-8-12)13-9-5-2-6-10-13/h12-13H,1-11H2,(H,19,20)(H3,16,17,18). The van der Waals surface area contributed by atoms with Crippen molar-refractivity contribution in [2.24, 2.45) is 10.7 Å². The fourth-order valence-corrected chi connectivity index (χ4v) is 6.66. The van der Waals surface area contributed by atoms with Crippen LogP contribution in [0.25, 0.3) is 0 Å². The van der Waals surface area contributed by atoms with Crippen LogP contribution in [0.5, 0.6) is 0 Å². The van der Waals surface area contributed by atoms with Crippen molar-refractivity contribution in [3.8, 4) is 0 Å². The third-order valence-electron chi connectivity index (χ3n) is 4.56. The number of nitrogens with one attached hydrogen (secondary N) is 1. The lowest BCUT2D eigenvalue weighted by molar-refractivity contribution is -0.135. The molecule has 0 unspecified atom stereocenters.